The van der Waals surface area contributed by atoms with Crippen LogP contribution in [0.5, 0.6) is 5.75 Å². The number of rotatable bonds is 3. The van der Waals surface area contributed by atoms with E-state index in [0.717, 1.165) is 5.56 Å². The zero-order valence-corrected chi connectivity index (χ0v) is 11.8. The second-order valence-corrected chi connectivity index (χ2v) is 4.54. The lowest BCUT2D eigenvalue weighted by Gasteiger charge is -2.10. The Morgan fingerprint density at radius 3 is 2.33 bits per heavy atom. The Morgan fingerprint density at radius 2 is 1.71 bits per heavy atom. The van der Waals surface area contributed by atoms with Crippen molar-refractivity contribution in [2.24, 2.45) is 0 Å². The van der Waals surface area contributed by atoms with Gasteiger partial charge in [0.15, 0.2) is 0 Å². The van der Waals surface area contributed by atoms with E-state index in [0.29, 0.717) is 17.1 Å². The monoisotopic (exact) mass is 284 g/mol. The molecule has 0 atom stereocenters. The SMILES string of the molecule is CC(=O)Nc1ccc(NC(=O)Oc2ccccc2)cc1C. The Hall–Kier alpha value is -2.82. The predicted octanol–water partition coefficient (Wildman–Crippen LogP) is 3.56. The zero-order chi connectivity index (χ0) is 15.2. The second kappa shape index (κ2) is 6.56. The number of benzene rings is 2. The van der Waals surface area contributed by atoms with Gasteiger partial charge in [0.05, 0.1) is 0 Å². The average molecular weight is 284 g/mol. The van der Waals surface area contributed by atoms with Gasteiger partial charge in [0.25, 0.3) is 0 Å². The molecule has 2 aromatic rings. The van der Waals surface area contributed by atoms with Gasteiger partial charge in [-0.15, -0.1) is 0 Å². The maximum Gasteiger partial charge on any atom is 0.417 e. The molecule has 5 nitrogen and oxygen atoms in total. The number of anilines is 2. The fourth-order valence-electron chi connectivity index (χ4n) is 1.81. The van der Waals surface area contributed by atoms with Crippen LogP contribution in [-0.4, -0.2) is 12.0 Å². The van der Waals surface area contributed by atoms with E-state index in [4.69, 9.17) is 4.74 Å². The van der Waals surface area contributed by atoms with Gasteiger partial charge in [-0.3, -0.25) is 10.1 Å². The van der Waals surface area contributed by atoms with Crippen molar-refractivity contribution in [1.82, 2.24) is 0 Å². The molecule has 0 radical (unpaired) electrons. The van der Waals surface area contributed by atoms with Crippen LogP contribution in [0.15, 0.2) is 48.5 Å². The number of aryl methyl sites for hydroxylation is 1. The van der Waals surface area contributed by atoms with Crippen molar-refractivity contribution in [3.8, 4) is 5.75 Å². The van der Waals surface area contributed by atoms with Crippen LogP contribution in [0.25, 0.3) is 0 Å². The minimum absolute atomic E-state index is 0.137. The number of ether oxygens (including phenoxy) is 1. The average Bonchev–Trinajstić information content (AvgIpc) is 2.42. The summed E-state index contributed by atoms with van der Waals surface area (Å²) in [5.74, 6) is 0.337. The number of hydrogen-bond acceptors (Lipinski definition) is 3. The minimum atomic E-state index is -0.562. The molecule has 0 aliphatic carbocycles. The van der Waals surface area contributed by atoms with E-state index >= 15 is 0 Å². The molecule has 0 saturated carbocycles. The Balaban J connectivity index is 2.01. The van der Waals surface area contributed by atoms with Crippen molar-refractivity contribution in [2.45, 2.75) is 13.8 Å². The molecule has 0 aliphatic heterocycles. The van der Waals surface area contributed by atoms with E-state index in [-0.39, 0.29) is 5.91 Å². The van der Waals surface area contributed by atoms with Gasteiger partial charge in [-0.25, -0.2) is 4.79 Å². The first-order chi connectivity index (χ1) is 10.0. The number of nitrogens with one attached hydrogen (secondary N) is 2. The first-order valence-corrected chi connectivity index (χ1v) is 6.47. The molecular formula is C16H16N2O3. The lowest BCUT2D eigenvalue weighted by atomic mass is 10.2. The van der Waals surface area contributed by atoms with Gasteiger partial charge in [-0.05, 0) is 42.8 Å². The van der Waals surface area contributed by atoms with E-state index in [1.165, 1.54) is 6.92 Å². The topological polar surface area (TPSA) is 67.4 Å². The highest BCUT2D eigenvalue weighted by molar-refractivity contribution is 5.91. The smallest absolute Gasteiger partial charge is 0.410 e. The summed E-state index contributed by atoms with van der Waals surface area (Å²) in [4.78, 5) is 22.8. The van der Waals surface area contributed by atoms with Crippen LogP contribution in [0.4, 0.5) is 16.2 Å². The largest absolute Gasteiger partial charge is 0.417 e. The predicted molar refractivity (Wildman–Crippen MR) is 81.6 cm³/mol. The summed E-state index contributed by atoms with van der Waals surface area (Å²) in [6.07, 6.45) is -0.562. The van der Waals surface area contributed by atoms with Gasteiger partial charge >= 0.3 is 6.09 Å². The summed E-state index contributed by atoms with van der Waals surface area (Å²) in [7, 11) is 0. The van der Waals surface area contributed by atoms with E-state index in [1.807, 2.05) is 13.0 Å². The fraction of sp³-hybridized carbons (Fsp3) is 0.125. The van der Waals surface area contributed by atoms with Crippen LogP contribution in [0.2, 0.25) is 0 Å². The number of hydrogen-bond donors (Lipinski definition) is 2. The molecule has 0 bridgehead atoms. The molecule has 2 amide bonds. The molecule has 2 aromatic carbocycles. The van der Waals surface area contributed by atoms with Crippen molar-refractivity contribution in [3.63, 3.8) is 0 Å². The summed E-state index contributed by atoms with van der Waals surface area (Å²) < 4.78 is 5.13. The van der Waals surface area contributed by atoms with E-state index < -0.39 is 6.09 Å². The highest BCUT2D eigenvalue weighted by Crippen LogP contribution is 2.20. The molecule has 0 aliphatic rings. The molecule has 5 heteroatoms. The highest BCUT2D eigenvalue weighted by atomic mass is 16.6. The molecule has 108 valence electrons. The van der Waals surface area contributed by atoms with E-state index in [9.17, 15) is 9.59 Å². The van der Waals surface area contributed by atoms with Crippen LogP contribution in [-0.2, 0) is 4.79 Å². The molecule has 0 fully saturated rings. The fourth-order valence-corrected chi connectivity index (χ4v) is 1.81. The summed E-state index contributed by atoms with van der Waals surface area (Å²) in [5.41, 5.74) is 2.16. The third-order valence-corrected chi connectivity index (χ3v) is 2.74. The Bertz CT molecular complexity index is 654. The third kappa shape index (κ3) is 4.35. The summed E-state index contributed by atoms with van der Waals surface area (Å²) in [6, 6.07) is 14.0. The molecule has 0 saturated heterocycles. The quantitative estimate of drug-likeness (QED) is 0.905. The maximum atomic E-state index is 11.8. The van der Waals surface area contributed by atoms with E-state index in [2.05, 4.69) is 10.6 Å². The Labute approximate surface area is 122 Å². The van der Waals surface area contributed by atoms with Gasteiger partial charge in [-0.2, -0.15) is 0 Å². The summed E-state index contributed by atoms with van der Waals surface area (Å²) in [5, 5.41) is 5.35. The van der Waals surface area contributed by atoms with Crippen molar-refractivity contribution in [3.05, 3.63) is 54.1 Å². The normalized spacial score (nSPS) is 9.81. The van der Waals surface area contributed by atoms with Crippen molar-refractivity contribution in [2.75, 3.05) is 10.6 Å². The molecule has 0 unspecified atom stereocenters. The van der Waals surface area contributed by atoms with E-state index in [1.54, 1.807) is 42.5 Å². The molecule has 2 rings (SSSR count). The standard InChI is InChI=1S/C16H16N2O3/c1-11-10-13(8-9-15(11)17-12(2)19)18-16(20)21-14-6-4-3-5-7-14/h3-10H,1-2H3,(H,17,19)(H,18,20). The molecule has 21 heavy (non-hydrogen) atoms. The number of para-hydroxylation sites is 1. The van der Waals surface area contributed by atoms with Gasteiger partial charge in [0, 0.05) is 18.3 Å². The molecular weight excluding hydrogens is 268 g/mol. The number of carbonyl (C=O) groups excluding carboxylic acids is 2. The van der Waals surface area contributed by atoms with Crippen LogP contribution >= 0.6 is 0 Å². The van der Waals surface area contributed by atoms with Gasteiger partial charge in [0.1, 0.15) is 5.75 Å². The zero-order valence-electron chi connectivity index (χ0n) is 11.8. The highest BCUT2D eigenvalue weighted by Gasteiger charge is 2.07. The molecule has 0 heterocycles. The maximum absolute atomic E-state index is 11.8. The lowest BCUT2D eigenvalue weighted by molar-refractivity contribution is -0.114. The number of amides is 2. The third-order valence-electron chi connectivity index (χ3n) is 2.74. The Morgan fingerprint density at radius 1 is 1.00 bits per heavy atom. The van der Waals surface area contributed by atoms with Crippen molar-refractivity contribution in [1.29, 1.82) is 0 Å². The van der Waals surface area contributed by atoms with Crippen LogP contribution < -0.4 is 15.4 Å². The lowest BCUT2D eigenvalue weighted by Crippen LogP contribution is -2.17. The second-order valence-electron chi connectivity index (χ2n) is 4.54. The minimum Gasteiger partial charge on any atom is -0.410 e. The van der Waals surface area contributed by atoms with Crippen LogP contribution in [0.1, 0.15) is 12.5 Å². The summed E-state index contributed by atoms with van der Waals surface area (Å²) in [6.45, 7) is 3.29. The van der Waals surface area contributed by atoms with Crippen LogP contribution in [0, 0.1) is 6.92 Å². The Kier molecular flexibility index (Phi) is 4.56. The summed E-state index contributed by atoms with van der Waals surface area (Å²) >= 11 is 0. The van der Waals surface area contributed by atoms with Crippen molar-refractivity contribution < 1.29 is 14.3 Å². The molecule has 2 N–H and O–H groups in total. The van der Waals surface area contributed by atoms with Crippen LogP contribution in [0.3, 0.4) is 0 Å². The van der Waals surface area contributed by atoms with Gasteiger partial charge in [0.2, 0.25) is 5.91 Å². The first-order valence-electron chi connectivity index (χ1n) is 6.47. The first kappa shape index (κ1) is 14.6. The molecule has 0 spiro atoms. The van der Waals surface area contributed by atoms with Gasteiger partial charge in [-0.1, -0.05) is 18.2 Å². The molecule has 0 aromatic heterocycles. The van der Waals surface area contributed by atoms with Gasteiger partial charge < -0.3 is 10.1 Å². The number of carbonyl (C=O) groups is 2. The van der Waals surface area contributed by atoms with Crippen molar-refractivity contribution >= 4 is 23.4 Å².